The van der Waals surface area contributed by atoms with Gasteiger partial charge in [0.1, 0.15) is 37.3 Å². The molecule has 62 heavy (non-hydrogen) atoms. The van der Waals surface area contributed by atoms with Crippen LogP contribution in [-0.4, -0.2) is 103 Å². The van der Waals surface area contributed by atoms with E-state index in [0.29, 0.717) is 12.8 Å². The lowest BCUT2D eigenvalue weighted by molar-refractivity contribution is -0.171. The number of thioether (sulfide) groups is 1. The largest absolute Gasteiger partial charge is 0.472 e. The highest BCUT2D eigenvalue weighted by atomic mass is 32.2. The number of aliphatic hydroxyl groups excluding tert-OH is 4. The first-order valence-corrected chi connectivity index (χ1v) is 24.4. The summed E-state index contributed by atoms with van der Waals surface area (Å²) in [7, 11) is -10.1. The highest BCUT2D eigenvalue weighted by Gasteiger charge is 2.49. The molecule has 0 aliphatic heterocycles. The van der Waals surface area contributed by atoms with Crippen LogP contribution in [0.1, 0.15) is 146 Å². The number of phosphoric acid groups is 2. The fraction of sp³-hybridized carbons (Fsp3) is 0.674. The lowest BCUT2D eigenvalue weighted by Gasteiger charge is -2.40. The zero-order chi connectivity index (χ0) is 46.5. The molecule has 0 heterocycles. The molecule has 0 radical (unpaired) electrons. The third-order valence-corrected chi connectivity index (χ3v) is 10.6. The number of esters is 1. The fourth-order valence-electron chi connectivity index (χ4n) is 5.44. The summed E-state index contributed by atoms with van der Waals surface area (Å²) < 4.78 is 47.6. The van der Waals surface area contributed by atoms with Crippen LogP contribution in [0.2, 0.25) is 0 Å². The smallest absolute Gasteiger partial charge is 0.457 e. The van der Waals surface area contributed by atoms with Gasteiger partial charge in [0, 0.05) is 46.7 Å². The van der Waals surface area contributed by atoms with Gasteiger partial charge in [0.2, 0.25) is 5.12 Å². The highest BCUT2D eigenvalue weighted by Crippen LogP contribution is 2.48. The molecule has 1 saturated carbocycles. The van der Waals surface area contributed by atoms with E-state index in [1.807, 2.05) is 6.92 Å². The van der Waals surface area contributed by atoms with Gasteiger partial charge < -0.3 is 44.6 Å². The molecule has 7 N–H and O–H groups in total. The van der Waals surface area contributed by atoms with Gasteiger partial charge in [-0.05, 0) is 84.2 Å². The molecule has 16 nitrogen and oxygen atoms in total. The molecule has 7 atom stereocenters. The number of hydrogen-bond donors (Lipinski definition) is 7. The third-order valence-electron chi connectivity index (χ3n) is 8.41. The minimum absolute atomic E-state index is 0. The van der Waals surface area contributed by atoms with Gasteiger partial charge >= 0.3 is 21.6 Å². The second-order valence-electron chi connectivity index (χ2n) is 13.7. The number of phosphoric ester groups is 2. The molecule has 0 aromatic rings. The van der Waals surface area contributed by atoms with E-state index in [1.54, 1.807) is 6.92 Å². The van der Waals surface area contributed by atoms with Gasteiger partial charge in [0.15, 0.2) is 0 Å². The second kappa shape index (κ2) is 37.3. The summed E-state index contributed by atoms with van der Waals surface area (Å²) in [5.74, 6) is 27.2. The first-order chi connectivity index (χ1) is 29.6. The molecule has 368 valence electrons. The Bertz CT molecular complexity index is 1830. The minimum Gasteiger partial charge on any atom is -0.457 e. The predicted molar refractivity (Wildman–Crippen MR) is 257 cm³/mol. The van der Waals surface area contributed by atoms with E-state index >= 15 is 0 Å². The summed E-state index contributed by atoms with van der Waals surface area (Å²) in [6.07, 6.45) is 5.21. The number of hydrogen-bond acceptors (Lipinski definition) is 14. The second-order valence-corrected chi connectivity index (χ2v) is 17.1. The van der Waals surface area contributed by atoms with Crippen molar-refractivity contribution in [3.63, 3.8) is 0 Å². The van der Waals surface area contributed by atoms with Gasteiger partial charge in [-0.2, -0.15) is 0 Å². The van der Waals surface area contributed by atoms with E-state index < -0.39 is 78.1 Å². The summed E-state index contributed by atoms with van der Waals surface area (Å²) >= 11 is 0.971. The maximum atomic E-state index is 12.5. The van der Waals surface area contributed by atoms with Gasteiger partial charge in [0.25, 0.3) is 0 Å². The maximum Gasteiger partial charge on any atom is 0.472 e. The monoisotopic (exact) mass is 950 g/mol. The van der Waals surface area contributed by atoms with Gasteiger partial charge in [-0.15, -0.1) is 0 Å². The van der Waals surface area contributed by atoms with Crippen LogP contribution >= 0.6 is 27.4 Å². The van der Waals surface area contributed by atoms with E-state index in [2.05, 4.69) is 81.8 Å². The Morgan fingerprint density at radius 1 is 0.694 bits per heavy atom. The minimum atomic E-state index is -5.07. The Morgan fingerprint density at radius 2 is 1.21 bits per heavy atom. The highest BCUT2D eigenvalue weighted by molar-refractivity contribution is 8.17. The molecule has 0 saturated heterocycles. The van der Waals surface area contributed by atoms with Gasteiger partial charge in [0.05, 0.1) is 19.3 Å². The number of unbranched alkanes of at least 4 members (excludes halogenated alkanes) is 12. The van der Waals surface area contributed by atoms with Crippen LogP contribution < -0.4 is 0 Å². The molecule has 0 spiro atoms. The van der Waals surface area contributed by atoms with Crippen molar-refractivity contribution in [2.24, 2.45) is 0 Å². The van der Waals surface area contributed by atoms with E-state index in [1.165, 1.54) is 51.4 Å². The van der Waals surface area contributed by atoms with Crippen molar-refractivity contribution in [3.05, 3.63) is 0 Å². The summed E-state index contributed by atoms with van der Waals surface area (Å²) in [6, 6.07) is 0. The Morgan fingerprint density at radius 3 is 1.71 bits per heavy atom. The van der Waals surface area contributed by atoms with Crippen molar-refractivity contribution >= 4 is 38.5 Å². The van der Waals surface area contributed by atoms with Crippen molar-refractivity contribution in [3.8, 4) is 70.4 Å². The van der Waals surface area contributed by atoms with Crippen LogP contribution in [-0.2, 0) is 41.8 Å². The van der Waals surface area contributed by atoms with E-state index in [4.69, 9.17) is 33.4 Å². The third kappa shape index (κ3) is 33.4. The van der Waals surface area contributed by atoms with Crippen molar-refractivity contribution < 1.29 is 92.6 Å². The number of carbonyl (C=O) groups is 2. The Balaban J connectivity index is -0.000000108. The first kappa shape index (κ1) is 58.9. The van der Waals surface area contributed by atoms with E-state index in [-0.39, 0.29) is 33.8 Å². The van der Waals surface area contributed by atoms with E-state index in [0.717, 1.165) is 43.9 Å². The van der Waals surface area contributed by atoms with Crippen LogP contribution in [0.25, 0.3) is 0 Å². The fourth-order valence-corrected chi connectivity index (χ4v) is 7.51. The predicted octanol–water partition coefficient (Wildman–Crippen LogP) is 7.56. The van der Waals surface area contributed by atoms with Crippen molar-refractivity contribution in [1.82, 2.24) is 0 Å². The molecule has 19 heteroatoms. The summed E-state index contributed by atoms with van der Waals surface area (Å²) in [5.41, 5.74) is 0. The standard InChI is InChI=1S/C26H52O15P2.C17H10OS.11H2/c1-2-3-4-5-6-7-8-9-10-11-12-13-14-15-23(29)39-20(17-37-19-27)18-38-43(35,36)41-26-21(28)16-22(24(30)25(26)31)40-42(32,33)34;1-3-5-6-7-8-9-10-11-12-13-14-16-19-17(18)15-4-2;;;;;;;;;;;/h20-22,24-28,30-31H,2-19H2,1H3,(H,35,36)(H2,32,33,34);4,15H2,1-2H3;11*1H/t20-,21?,22+,24?,25+,26?;;;;;;;;;;;;/m1............/s1. The quantitative estimate of drug-likeness (QED) is 0.0138. The average molecular weight is 951 g/mol. The molecule has 0 bridgehead atoms. The molecule has 1 aliphatic carbocycles. The average Bonchev–Trinajstić information content (AvgIpc) is 3.21. The summed E-state index contributed by atoms with van der Waals surface area (Å²) in [6.45, 7) is 4.08. The summed E-state index contributed by atoms with van der Waals surface area (Å²) in [5, 5.41) is 42.0. The lowest BCUT2D eigenvalue weighted by atomic mass is 9.87. The van der Waals surface area contributed by atoms with Crippen molar-refractivity contribution in [1.29, 1.82) is 0 Å². The Hall–Kier alpha value is -3.13. The zero-order valence-electron chi connectivity index (χ0n) is 35.7. The molecule has 0 aromatic heterocycles. The molecule has 1 aliphatic rings. The molecule has 1 fully saturated rings. The van der Waals surface area contributed by atoms with Crippen molar-refractivity contribution in [2.75, 3.05) is 20.0 Å². The lowest BCUT2D eigenvalue weighted by Crippen LogP contribution is -2.57. The van der Waals surface area contributed by atoms with Crippen molar-refractivity contribution in [2.45, 2.75) is 167 Å². The molecular weight excluding hydrogens is 866 g/mol. The van der Waals surface area contributed by atoms with Crippen LogP contribution in [0, 0.1) is 70.4 Å². The zero-order valence-corrected chi connectivity index (χ0v) is 38.3. The number of ether oxygens (including phenoxy) is 2. The Labute approximate surface area is 387 Å². The number of rotatable bonds is 27. The topological polar surface area (TPSA) is 256 Å². The van der Waals surface area contributed by atoms with Crippen LogP contribution in [0.15, 0.2) is 0 Å². The van der Waals surface area contributed by atoms with E-state index in [9.17, 15) is 38.9 Å². The van der Waals surface area contributed by atoms with Gasteiger partial charge in [-0.1, -0.05) is 96.8 Å². The molecule has 4 unspecified atom stereocenters. The van der Waals surface area contributed by atoms with Crippen LogP contribution in [0.5, 0.6) is 0 Å². The number of aliphatic hydroxyl groups is 4. The van der Waals surface area contributed by atoms with Crippen LogP contribution in [0.4, 0.5) is 0 Å². The SMILES string of the molecule is CC#CC#CC#CC#CC#CC#CSC(=O)CCC.CCCCCCCCCCCCCCCC(=O)O[C@H](COCO)COP(=O)(O)OC1C(O)C[C@H](OP(=O)(O)O)C(O)[C@@H]1O.[HH].[HH].[HH].[HH].[HH].[HH].[HH].[HH].[HH].[HH].[HH]. The number of carbonyl (C=O) groups excluding carboxylic acids is 2. The van der Waals surface area contributed by atoms with Crippen LogP contribution in [0.3, 0.4) is 0 Å². The first-order valence-electron chi connectivity index (χ1n) is 20.5. The molecule has 0 amide bonds. The molecular formula is C43H84O16P2S. The summed E-state index contributed by atoms with van der Waals surface area (Å²) in [4.78, 5) is 51.3. The Kier molecular flexibility index (Phi) is 35.4. The van der Waals surface area contributed by atoms with Gasteiger partial charge in [-0.3, -0.25) is 23.2 Å². The normalized spacial score (nSPS) is 19.0. The molecule has 0 aromatic carbocycles. The maximum absolute atomic E-state index is 12.5. The van der Waals surface area contributed by atoms with Gasteiger partial charge in [-0.25, -0.2) is 9.13 Å². The molecule has 1 rings (SSSR count).